The van der Waals surface area contributed by atoms with Crippen molar-refractivity contribution in [3.63, 3.8) is 0 Å². The van der Waals surface area contributed by atoms with Crippen molar-refractivity contribution in [1.29, 1.82) is 0 Å². The molecule has 2 unspecified atom stereocenters. The van der Waals surface area contributed by atoms with Crippen molar-refractivity contribution < 1.29 is 8.42 Å². The van der Waals surface area contributed by atoms with Gasteiger partial charge >= 0.3 is 0 Å². The maximum Gasteiger partial charge on any atom is 0.0595 e. The molecule has 2 spiro atoms. The minimum atomic E-state index is -0.839. The second-order valence-electron chi connectivity index (χ2n) is 16.6. The summed E-state index contributed by atoms with van der Waals surface area (Å²) in [5, 5.41) is 9.09. The zero-order chi connectivity index (χ0) is 40.9. The van der Waals surface area contributed by atoms with Crippen LogP contribution in [0.5, 0.6) is 0 Å². The van der Waals surface area contributed by atoms with Crippen LogP contribution in [0.25, 0.3) is 0 Å². The Hall–Kier alpha value is -1.82. The molecule has 6 nitrogen and oxygen atoms in total. The van der Waals surface area contributed by atoms with Gasteiger partial charge in [-0.1, -0.05) is 94.9 Å². The lowest BCUT2D eigenvalue weighted by Crippen LogP contribution is -2.44. The highest BCUT2D eigenvalue weighted by atomic mass is 35.5. The second kappa shape index (κ2) is 19.9. The molecular weight excluding hydrogens is 846 g/mol. The van der Waals surface area contributed by atoms with Crippen molar-refractivity contribution in [2.24, 2.45) is 0 Å². The normalized spacial score (nSPS) is 22.0. The van der Waals surface area contributed by atoms with Crippen LogP contribution in [0, 0.1) is 0 Å². The molecule has 0 radical (unpaired) electrons. The molecule has 4 aliphatic rings. The summed E-state index contributed by atoms with van der Waals surface area (Å²) < 4.78 is 25.2. The van der Waals surface area contributed by atoms with Gasteiger partial charge in [0.05, 0.1) is 41.7 Å². The first-order chi connectivity index (χ1) is 28.0. The van der Waals surface area contributed by atoms with E-state index in [1.54, 1.807) is 0 Å². The van der Waals surface area contributed by atoms with Gasteiger partial charge in [-0.3, -0.25) is 8.42 Å². The molecular formula is C46H56Cl4N4O2S2. The van der Waals surface area contributed by atoms with Crippen molar-refractivity contribution >= 4 is 68.0 Å². The van der Waals surface area contributed by atoms with E-state index in [1.165, 1.54) is 22.3 Å². The predicted octanol–water partition coefficient (Wildman–Crippen LogP) is 9.68. The lowest BCUT2D eigenvalue weighted by atomic mass is 9.74. The number of piperidine rings is 2. The highest BCUT2D eigenvalue weighted by molar-refractivity contribution is 7.85. The lowest BCUT2D eigenvalue weighted by molar-refractivity contribution is 0.166. The number of benzene rings is 4. The first kappa shape index (κ1) is 44.2. The van der Waals surface area contributed by atoms with Gasteiger partial charge in [0, 0.05) is 45.2 Å². The zero-order valence-corrected chi connectivity index (χ0v) is 38.2. The molecule has 8 rings (SSSR count). The van der Waals surface area contributed by atoms with E-state index in [0.717, 1.165) is 112 Å². The largest absolute Gasteiger partial charge is 0.319 e. The van der Waals surface area contributed by atoms with E-state index in [0.29, 0.717) is 31.9 Å². The first-order valence-electron chi connectivity index (χ1n) is 20.6. The average molecular weight is 903 g/mol. The molecule has 0 bridgehead atoms. The van der Waals surface area contributed by atoms with Crippen LogP contribution in [-0.2, 0) is 32.4 Å². The monoisotopic (exact) mass is 900 g/mol. The van der Waals surface area contributed by atoms with Gasteiger partial charge in [0.25, 0.3) is 0 Å². The summed E-state index contributed by atoms with van der Waals surface area (Å²) in [6.45, 7) is 8.24. The molecule has 0 amide bonds. The standard InChI is InChI=1S/2C23H28Cl2N2OS/c2*1-26-15-18(17-6-7-20(24)21(25)14-17)8-11-27-12-9-23(10-13-27)16-29(28)22-5-3-2-4-19(22)23/h2*2-7,14,18,26H,8-13,15-16H2,1H3/t2*18-,29?/m11/s1. The summed E-state index contributed by atoms with van der Waals surface area (Å²) in [6.07, 6.45) is 6.54. The Morgan fingerprint density at radius 3 is 1.31 bits per heavy atom. The molecule has 4 atom stereocenters. The summed E-state index contributed by atoms with van der Waals surface area (Å²) >= 11 is 24.7. The smallest absolute Gasteiger partial charge is 0.0595 e. The van der Waals surface area contributed by atoms with Crippen molar-refractivity contribution in [3.05, 3.63) is 127 Å². The van der Waals surface area contributed by atoms with Crippen LogP contribution in [0.3, 0.4) is 0 Å². The van der Waals surface area contributed by atoms with Gasteiger partial charge < -0.3 is 20.4 Å². The quantitative estimate of drug-likeness (QED) is 0.148. The van der Waals surface area contributed by atoms with E-state index in [4.69, 9.17) is 46.4 Å². The van der Waals surface area contributed by atoms with Crippen LogP contribution in [0.15, 0.2) is 94.7 Å². The van der Waals surface area contributed by atoms with Crippen molar-refractivity contribution in [3.8, 4) is 0 Å². The molecule has 2 N–H and O–H groups in total. The Kier molecular flexibility index (Phi) is 15.2. The summed E-state index contributed by atoms with van der Waals surface area (Å²) in [5.74, 6) is 2.41. The van der Waals surface area contributed by atoms with Gasteiger partial charge in [0.1, 0.15) is 0 Å². The van der Waals surface area contributed by atoms with Gasteiger partial charge in [-0.2, -0.15) is 0 Å². The molecule has 0 saturated carbocycles. The fourth-order valence-corrected chi connectivity index (χ4v) is 14.1. The van der Waals surface area contributed by atoms with Crippen molar-refractivity contribution in [2.75, 3.05) is 78.0 Å². The summed E-state index contributed by atoms with van der Waals surface area (Å²) in [7, 11) is 2.31. The SMILES string of the molecule is CNC[C@@H](CCN1CCC2(CC1)CS(=O)c1ccccc12)c1ccc(Cl)c(Cl)c1.CNC[C@@H](CCN1CCC2(CC1)CS(=O)c1ccccc12)c1ccc(Cl)c(Cl)c1. The second-order valence-corrected chi connectivity index (χ2v) is 21.1. The first-order valence-corrected chi connectivity index (χ1v) is 24.8. The van der Waals surface area contributed by atoms with E-state index in [9.17, 15) is 8.42 Å². The predicted molar refractivity (Wildman–Crippen MR) is 246 cm³/mol. The number of hydrogen-bond donors (Lipinski definition) is 2. The van der Waals surface area contributed by atoms with Crippen LogP contribution < -0.4 is 10.6 Å². The fraction of sp³-hybridized carbons (Fsp3) is 0.478. The van der Waals surface area contributed by atoms with E-state index in [-0.39, 0.29) is 10.8 Å². The Balaban J connectivity index is 0.000000177. The minimum Gasteiger partial charge on any atom is -0.319 e. The molecule has 2 fully saturated rings. The van der Waals surface area contributed by atoms with Gasteiger partial charge in [-0.05, 0) is 162 Å². The van der Waals surface area contributed by atoms with Crippen molar-refractivity contribution in [2.45, 2.75) is 71.0 Å². The molecule has 12 heteroatoms. The number of nitrogens with one attached hydrogen (secondary N) is 2. The third-order valence-electron chi connectivity index (χ3n) is 13.2. The van der Waals surface area contributed by atoms with E-state index < -0.39 is 21.6 Å². The molecule has 4 aliphatic heterocycles. The molecule has 4 aromatic carbocycles. The summed E-state index contributed by atoms with van der Waals surface area (Å²) in [5.41, 5.74) is 5.38. The van der Waals surface area contributed by atoms with E-state index >= 15 is 0 Å². The number of nitrogens with zero attached hydrogens (tertiary/aromatic N) is 2. The van der Waals surface area contributed by atoms with Gasteiger partial charge in [-0.25, -0.2) is 0 Å². The topological polar surface area (TPSA) is 64.7 Å². The summed E-state index contributed by atoms with van der Waals surface area (Å²) in [6, 6.07) is 28.7. The van der Waals surface area contributed by atoms with Crippen LogP contribution >= 0.6 is 46.4 Å². The number of halogens is 4. The molecule has 0 aromatic heterocycles. The number of likely N-dealkylation sites (tertiary alicyclic amines) is 2. The third-order valence-corrected chi connectivity index (χ3v) is 18.0. The molecule has 4 aromatic rings. The Morgan fingerprint density at radius 1 is 0.569 bits per heavy atom. The average Bonchev–Trinajstić information content (AvgIpc) is 3.67. The van der Waals surface area contributed by atoms with Crippen LogP contribution in [0.2, 0.25) is 20.1 Å². The molecule has 0 aliphatic carbocycles. The Bertz CT molecular complexity index is 1940. The van der Waals surface area contributed by atoms with Crippen molar-refractivity contribution in [1.82, 2.24) is 20.4 Å². The Morgan fingerprint density at radius 2 is 0.948 bits per heavy atom. The maximum atomic E-state index is 12.6. The molecule has 58 heavy (non-hydrogen) atoms. The highest BCUT2D eigenvalue weighted by Gasteiger charge is 2.45. The zero-order valence-electron chi connectivity index (χ0n) is 33.6. The van der Waals surface area contributed by atoms with Gasteiger partial charge in [-0.15, -0.1) is 0 Å². The minimum absolute atomic E-state index is 0.117. The number of fused-ring (bicyclic) bond motifs is 4. The molecule has 4 heterocycles. The van der Waals surface area contributed by atoms with Gasteiger partial charge in [0.2, 0.25) is 0 Å². The number of likely N-dealkylation sites (N-methyl/N-ethyl adjacent to an activating group) is 2. The Labute approximate surface area is 370 Å². The van der Waals surface area contributed by atoms with Gasteiger partial charge in [0.15, 0.2) is 0 Å². The van der Waals surface area contributed by atoms with Crippen LogP contribution in [0.4, 0.5) is 0 Å². The maximum absolute atomic E-state index is 12.6. The lowest BCUT2D eigenvalue weighted by Gasteiger charge is -2.40. The number of rotatable bonds is 12. The summed E-state index contributed by atoms with van der Waals surface area (Å²) in [4.78, 5) is 7.26. The van der Waals surface area contributed by atoms with Crippen LogP contribution in [0.1, 0.15) is 72.6 Å². The number of hydrogen-bond acceptors (Lipinski definition) is 6. The third kappa shape index (κ3) is 9.94. The van der Waals surface area contributed by atoms with E-state index in [1.807, 2.05) is 62.6 Å². The fourth-order valence-electron chi connectivity index (χ4n) is 9.73. The highest BCUT2D eigenvalue weighted by Crippen LogP contribution is 2.46. The molecule has 2 saturated heterocycles. The molecule has 312 valence electrons. The van der Waals surface area contributed by atoms with E-state index in [2.05, 4.69) is 56.8 Å². The van der Waals surface area contributed by atoms with Crippen LogP contribution in [-0.4, -0.2) is 96.2 Å².